The molecule has 1 rings (SSSR count). The van der Waals surface area contributed by atoms with Crippen LogP contribution in [0.2, 0.25) is 0 Å². The maximum atomic E-state index is 8.29. The van der Waals surface area contributed by atoms with Gasteiger partial charge in [0.2, 0.25) is 0 Å². The summed E-state index contributed by atoms with van der Waals surface area (Å²) in [5.41, 5.74) is 1.05. The molecule has 2 heteroatoms. The van der Waals surface area contributed by atoms with E-state index in [9.17, 15) is 0 Å². The third-order valence-corrected chi connectivity index (χ3v) is 1.85. The van der Waals surface area contributed by atoms with Gasteiger partial charge in [-0.05, 0) is 11.6 Å². The van der Waals surface area contributed by atoms with Gasteiger partial charge in [0, 0.05) is 4.90 Å². The molecule has 0 aliphatic carbocycles. The first-order valence-corrected chi connectivity index (χ1v) is 4.11. The van der Waals surface area contributed by atoms with E-state index in [1.165, 1.54) is 0 Å². The van der Waals surface area contributed by atoms with Crippen molar-refractivity contribution in [2.45, 2.75) is 11.3 Å². The van der Waals surface area contributed by atoms with Crippen LogP contribution in [-0.2, 0) is 0 Å². The van der Waals surface area contributed by atoms with Crippen LogP contribution >= 0.6 is 12.6 Å². The molecule has 1 nitrogen and oxygen atoms in total. The molecule has 0 unspecified atom stereocenters. The second-order valence-electron chi connectivity index (χ2n) is 2.32. The summed E-state index contributed by atoms with van der Waals surface area (Å²) in [7, 11) is 0. The Bertz CT molecular complexity index is 323. The average Bonchev–Trinajstić information content (AvgIpc) is 2.09. The van der Waals surface area contributed by atoms with Crippen molar-refractivity contribution in [2.24, 2.45) is 0 Å². The zero-order valence-corrected chi connectivity index (χ0v) is 7.46. The molecular formula is C10H9NS. The van der Waals surface area contributed by atoms with Gasteiger partial charge in [0.05, 0.1) is 12.5 Å². The summed E-state index contributed by atoms with van der Waals surface area (Å²) in [6.45, 7) is 0. The quantitative estimate of drug-likeness (QED) is 0.686. The average molecular weight is 175 g/mol. The number of nitriles is 1. The SMILES string of the molecule is N#CCC=Cc1ccccc1S. The molecule has 0 bridgehead atoms. The maximum absolute atomic E-state index is 8.29. The van der Waals surface area contributed by atoms with E-state index in [1.54, 1.807) is 0 Å². The van der Waals surface area contributed by atoms with Gasteiger partial charge in [-0.2, -0.15) is 5.26 Å². The summed E-state index contributed by atoms with van der Waals surface area (Å²) in [5, 5.41) is 8.29. The number of benzene rings is 1. The Morgan fingerprint density at radius 1 is 1.42 bits per heavy atom. The molecule has 0 atom stereocenters. The van der Waals surface area contributed by atoms with E-state index in [-0.39, 0.29) is 0 Å². The molecule has 0 radical (unpaired) electrons. The van der Waals surface area contributed by atoms with Gasteiger partial charge in [-0.25, -0.2) is 0 Å². The molecule has 0 aliphatic heterocycles. The monoisotopic (exact) mass is 175 g/mol. The number of rotatable bonds is 2. The maximum Gasteiger partial charge on any atom is 0.0663 e. The van der Waals surface area contributed by atoms with Crippen LogP contribution in [0.3, 0.4) is 0 Å². The summed E-state index contributed by atoms with van der Waals surface area (Å²) >= 11 is 4.27. The van der Waals surface area contributed by atoms with Gasteiger partial charge in [-0.3, -0.25) is 0 Å². The second kappa shape index (κ2) is 4.63. The van der Waals surface area contributed by atoms with E-state index in [0.29, 0.717) is 6.42 Å². The number of allylic oxidation sites excluding steroid dienone is 1. The molecule has 0 N–H and O–H groups in total. The Hall–Kier alpha value is -1.20. The number of hydrogen-bond acceptors (Lipinski definition) is 2. The predicted octanol–water partition coefficient (Wildman–Crippen LogP) is 2.90. The van der Waals surface area contributed by atoms with Crippen LogP contribution in [0.4, 0.5) is 0 Å². The van der Waals surface area contributed by atoms with Gasteiger partial charge in [0.25, 0.3) is 0 Å². The topological polar surface area (TPSA) is 23.8 Å². The van der Waals surface area contributed by atoms with Crippen molar-refractivity contribution in [2.75, 3.05) is 0 Å². The van der Waals surface area contributed by atoms with Crippen molar-refractivity contribution in [3.8, 4) is 6.07 Å². The fourth-order valence-electron chi connectivity index (χ4n) is 0.867. The minimum absolute atomic E-state index is 0.447. The first kappa shape index (κ1) is 8.89. The number of hydrogen-bond donors (Lipinski definition) is 1. The summed E-state index contributed by atoms with van der Waals surface area (Å²) in [6, 6.07) is 9.82. The zero-order valence-electron chi connectivity index (χ0n) is 6.57. The lowest BCUT2D eigenvalue weighted by atomic mass is 10.2. The molecule has 0 aliphatic rings. The second-order valence-corrected chi connectivity index (χ2v) is 2.81. The molecule has 0 amide bonds. The van der Waals surface area contributed by atoms with Gasteiger partial charge in [0.1, 0.15) is 0 Å². The smallest absolute Gasteiger partial charge is 0.0663 e. The van der Waals surface area contributed by atoms with Gasteiger partial charge >= 0.3 is 0 Å². The molecule has 0 aromatic heterocycles. The van der Waals surface area contributed by atoms with Crippen LogP contribution in [0.25, 0.3) is 6.08 Å². The summed E-state index contributed by atoms with van der Waals surface area (Å²) in [5.74, 6) is 0. The van der Waals surface area contributed by atoms with Crippen LogP contribution in [0.1, 0.15) is 12.0 Å². The Kier molecular flexibility index (Phi) is 3.43. The van der Waals surface area contributed by atoms with Crippen molar-refractivity contribution in [1.82, 2.24) is 0 Å². The van der Waals surface area contributed by atoms with E-state index < -0.39 is 0 Å². The van der Waals surface area contributed by atoms with Crippen LogP contribution in [0.15, 0.2) is 35.2 Å². The Labute approximate surface area is 77.7 Å². The zero-order chi connectivity index (χ0) is 8.81. The van der Waals surface area contributed by atoms with Crippen LogP contribution < -0.4 is 0 Å². The third kappa shape index (κ3) is 2.44. The van der Waals surface area contributed by atoms with Gasteiger partial charge in [-0.15, -0.1) is 12.6 Å². The van der Waals surface area contributed by atoms with Gasteiger partial charge in [0.15, 0.2) is 0 Å². The highest BCUT2D eigenvalue weighted by atomic mass is 32.1. The van der Waals surface area contributed by atoms with Gasteiger partial charge in [-0.1, -0.05) is 30.4 Å². The number of thiol groups is 1. The molecule has 0 heterocycles. The first-order chi connectivity index (χ1) is 5.84. The van der Waals surface area contributed by atoms with Crippen molar-refractivity contribution in [1.29, 1.82) is 5.26 Å². The summed E-state index contributed by atoms with van der Waals surface area (Å²) in [4.78, 5) is 0.937. The van der Waals surface area contributed by atoms with Crippen molar-refractivity contribution >= 4 is 18.7 Å². The third-order valence-electron chi connectivity index (χ3n) is 1.44. The van der Waals surface area contributed by atoms with E-state index in [0.717, 1.165) is 10.5 Å². The lowest BCUT2D eigenvalue weighted by Gasteiger charge is -1.95. The molecule has 0 spiro atoms. The number of nitrogens with zero attached hydrogens (tertiary/aromatic N) is 1. The highest BCUT2D eigenvalue weighted by molar-refractivity contribution is 7.80. The fourth-order valence-corrected chi connectivity index (χ4v) is 1.10. The Morgan fingerprint density at radius 3 is 2.83 bits per heavy atom. The molecule has 0 saturated carbocycles. The molecule has 60 valence electrons. The Morgan fingerprint density at radius 2 is 2.17 bits per heavy atom. The lowest BCUT2D eigenvalue weighted by molar-refractivity contribution is 1.35. The van der Waals surface area contributed by atoms with Crippen molar-refractivity contribution in [3.63, 3.8) is 0 Å². The molecule has 1 aromatic rings. The highest BCUT2D eigenvalue weighted by Crippen LogP contribution is 2.14. The van der Waals surface area contributed by atoms with Gasteiger partial charge < -0.3 is 0 Å². The van der Waals surface area contributed by atoms with Crippen molar-refractivity contribution in [3.05, 3.63) is 35.9 Å². The highest BCUT2D eigenvalue weighted by Gasteiger charge is 1.90. The minimum Gasteiger partial charge on any atom is -0.198 e. The minimum atomic E-state index is 0.447. The predicted molar refractivity (Wildman–Crippen MR) is 53.0 cm³/mol. The first-order valence-electron chi connectivity index (χ1n) is 3.66. The van der Waals surface area contributed by atoms with E-state index in [4.69, 9.17) is 5.26 Å². The molecule has 0 fully saturated rings. The molecule has 1 aromatic carbocycles. The lowest BCUT2D eigenvalue weighted by Crippen LogP contribution is -1.73. The van der Waals surface area contributed by atoms with Crippen LogP contribution in [-0.4, -0.2) is 0 Å². The van der Waals surface area contributed by atoms with Crippen LogP contribution in [0, 0.1) is 11.3 Å². The standard InChI is InChI=1S/C10H9NS/c11-8-4-3-6-9-5-1-2-7-10(9)12/h1-3,5-7,12H,4H2. The summed E-state index contributed by atoms with van der Waals surface area (Å²) < 4.78 is 0. The fraction of sp³-hybridized carbons (Fsp3) is 0.100. The Balaban J connectivity index is 2.77. The molecule has 0 saturated heterocycles. The van der Waals surface area contributed by atoms with Crippen molar-refractivity contribution < 1.29 is 0 Å². The molecular weight excluding hydrogens is 166 g/mol. The van der Waals surface area contributed by atoms with E-state index >= 15 is 0 Å². The normalized spacial score (nSPS) is 10.0. The molecule has 12 heavy (non-hydrogen) atoms. The van der Waals surface area contributed by atoms with E-state index in [1.807, 2.05) is 42.5 Å². The van der Waals surface area contributed by atoms with E-state index in [2.05, 4.69) is 12.6 Å². The largest absolute Gasteiger partial charge is 0.198 e. The van der Waals surface area contributed by atoms with Crippen LogP contribution in [0.5, 0.6) is 0 Å². The summed E-state index contributed by atoms with van der Waals surface area (Å²) in [6.07, 6.45) is 4.18.